The molecule has 0 saturated heterocycles. The zero-order valence-corrected chi connectivity index (χ0v) is 20.6. The smallest absolute Gasteiger partial charge is 0.340 e. The van der Waals surface area contributed by atoms with Crippen molar-refractivity contribution in [2.75, 3.05) is 5.32 Å². The number of halogens is 2. The van der Waals surface area contributed by atoms with Gasteiger partial charge in [-0.15, -0.1) is 0 Å². The second-order valence-corrected chi connectivity index (χ2v) is 10.1. The normalized spacial score (nSPS) is 11.5. The van der Waals surface area contributed by atoms with Crippen LogP contribution in [0.15, 0.2) is 102 Å². The van der Waals surface area contributed by atoms with E-state index >= 15 is 0 Å². The fraction of sp³-hybridized carbons (Fsp3) is 0.0385. The first-order valence-electron chi connectivity index (χ1n) is 10.7. The van der Waals surface area contributed by atoms with Gasteiger partial charge in [0.2, 0.25) is 0 Å². The number of pyridine rings is 1. The van der Waals surface area contributed by atoms with Gasteiger partial charge in [0.05, 0.1) is 5.02 Å². The van der Waals surface area contributed by atoms with Crippen LogP contribution in [0.5, 0.6) is 5.75 Å². The highest BCUT2D eigenvalue weighted by Gasteiger charge is 2.21. The van der Waals surface area contributed by atoms with E-state index in [1.165, 1.54) is 18.2 Å². The highest BCUT2D eigenvalue weighted by Crippen LogP contribution is 2.32. The third kappa shape index (κ3) is 4.98. The third-order valence-corrected chi connectivity index (χ3v) is 7.29. The van der Waals surface area contributed by atoms with Crippen LogP contribution in [0.2, 0.25) is 10.0 Å². The van der Waals surface area contributed by atoms with Crippen molar-refractivity contribution >= 4 is 44.8 Å². The number of nitrogens with zero attached hydrogens (tertiary/aromatic N) is 2. The second-order valence-electron chi connectivity index (χ2n) is 7.71. The molecule has 0 radical (unpaired) electrons. The van der Waals surface area contributed by atoms with Gasteiger partial charge in [0.1, 0.15) is 27.8 Å². The van der Waals surface area contributed by atoms with E-state index in [-0.39, 0.29) is 20.7 Å². The first-order chi connectivity index (χ1) is 16.9. The summed E-state index contributed by atoms with van der Waals surface area (Å²) in [6.07, 6.45) is 1.94. The Labute approximate surface area is 212 Å². The summed E-state index contributed by atoms with van der Waals surface area (Å²) in [5.41, 5.74) is 3.46. The zero-order chi connectivity index (χ0) is 24.4. The summed E-state index contributed by atoms with van der Waals surface area (Å²) in [5.74, 6) is 0.976. The lowest BCUT2D eigenvalue weighted by Crippen LogP contribution is -2.10. The lowest BCUT2D eigenvalue weighted by Gasteiger charge is -2.11. The van der Waals surface area contributed by atoms with E-state index in [1.54, 1.807) is 24.3 Å². The second kappa shape index (κ2) is 9.62. The van der Waals surface area contributed by atoms with Gasteiger partial charge in [-0.05, 0) is 60.2 Å². The summed E-state index contributed by atoms with van der Waals surface area (Å²) in [6, 6.07) is 26.7. The highest BCUT2D eigenvalue weighted by atomic mass is 35.5. The molecule has 176 valence electrons. The minimum Gasteiger partial charge on any atom is -0.379 e. The molecule has 2 heterocycles. The molecule has 0 aliphatic rings. The van der Waals surface area contributed by atoms with E-state index in [0.717, 1.165) is 28.3 Å². The number of hydrogen-bond acceptors (Lipinski definition) is 5. The fourth-order valence-corrected chi connectivity index (χ4v) is 5.33. The molecular formula is C26H19Cl2N3O3S. The number of nitrogens with one attached hydrogen (secondary N) is 1. The Morgan fingerprint density at radius 2 is 1.63 bits per heavy atom. The molecule has 5 aromatic rings. The maximum absolute atomic E-state index is 12.7. The lowest BCUT2D eigenvalue weighted by atomic mass is 10.1. The Bertz CT molecular complexity index is 1600. The molecule has 0 atom stereocenters. The number of aromatic nitrogens is 2. The average molecular weight is 524 g/mol. The quantitative estimate of drug-likeness (QED) is 0.240. The fourth-order valence-electron chi connectivity index (χ4n) is 3.66. The molecule has 0 fully saturated rings. The molecule has 1 N–H and O–H groups in total. The Balaban J connectivity index is 1.44. The van der Waals surface area contributed by atoms with Crippen molar-refractivity contribution in [3.05, 3.63) is 113 Å². The van der Waals surface area contributed by atoms with E-state index in [1.807, 2.05) is 47.0 Å². The molecule has 35 heavy (non-hydrogen) atoms. The average Bonchev–Trinajstić information content (AvgIpc) is 3.23. The van der Waals surface area contributed by atoms with Gasteiger partial charge in [-0.2, -0.15) is 8.42 Å². The monoisotopic (exact) mass is 523 g/mol. The molecule has 0 amide bonds. The van der Waals surface area contributed by atoms with Crippen molar-refractivity contribution in [3.63, 3.8) is 0 Å². The van der Waals surface area contributed by atoms with Gasteiger partial charge in [0, 0.05) is 23.3 Å². The van der Waals surface area contributed by atoms with Crippen molar-refractivity contribution in [1.82, 2.24) is 9.38 Å². The molecular weight excluding hydrogens is 505 g/mol. The molecule has 5 rings (SSSR count). The minimum absolute atomic E-state index is 0.0323. The van der Waals surface area contributed by atoms with Gasteiger partial charge < -0.3 is 9.50 Å². The van der Waals surface area contributed by atoms with Crippen LogP contribution in [0.3, 0.4) is 0 Å². The predicted molar refractivity (Wildman–Crippen MR) is 139 cm³/mol. The molecule has 0 unspecified atom stereocenters. The molecule has 0 aliphatic carbocycles. The van der Waals surface area contributed by atoms with Crippen LogP contribution in [0.1, 0.15) is 5.56 Å². The summed E-state index contributed by atoms with van der Waals surface area (Å²) >= 11 is 12.0. The number of anilines is 1. The number of hydrogen-bond donors (Lipinski definition) is 1. The maximum Gasteiger partial charge on any atom is 0.340 e. The summed E-state index contributed by atoms with van der Waals surface area (Å²) in [4.78, 5) is 4.59. The molecule has 0 spiro atoms. The van der Waals surface area contributed by atoms with Crippen LogP contribution in [-0.2, 0) is 16.7 Å². The number of rotatable bonds is 7. The Morgan fingerprint density at radius 1 is 0.886 bits per heavy atom. The van der Waals surface area contributed by atoms with Crippen LogP contribution in [0.25, 0.3) is 16.9 Å². The van der Waals surface area contributed by atoms with E-state index < -0.39 is 10.1 Å². The topological polar surface area (TPSA) is 72.7 Å². The van der Waals surface area contributed by atoms with Crippen LogP contribution in [0, 0.1) is 0 Å². The van der Waals surface area contributed by atoms with Crippen LogP contribution in [0.4, 0.5) is 5.82 Å². The van der Waals surface area contributed by atoms with Crippen LogP contribution >= 0.6 is 23.2 Å². The Morgan fingerprint density at radius 3 is 2.40 bits per heavy atom. The molecule has 2 aromatic heterocycles. The van der Waals surface area contributed by atoms with Crippen LogP contribution < -0.4 is 9.50 Å². The van der Waals surface area contributed by atoms with Gasteiger partial charge >= 0.3 is 10.1 Å². The summed E-state index contributed by atoms with van der Waals surface area (Å²) in [7, 11) is -4.16. The van der Waals surface area contributed by atoms with Crippen molar-refractivity contribution in [1.29, 1.82) is 0 Å². The van der Waals surface area contributed by atoms with E-state index in [9.17, 15) is 8.42 Å². The molecule has 0 aliphatic heterocycles. The first-order valence-corrected chi connectivity index (χ1v) is 12.8. The largest absolute Gasteiger partial charge is 0.379 e. The first kappa shape index (κ1) is 23.2. The van der Waals surface area contributed by atoms with Crippen LogP contribution in [-0.4, -0.2) is 17.8 Å². The molecule has 0 saturated carbocycles. The van der Waals surface area contributed by atoms with Crippen molar-refractivity contribution in [2.24, 2.45) is 0 Å². The Kier molecular flexibility index (Phi) is 6.38. The number of benzene rings is 3. The van der Waals surface area contributed by atoms with Crippen molar-refractivity contribution < 1.29 is 12.6 Å². The summed E-state index contributed by atoms with van der Waals surface area (Å²) in [6.45, 7) is 0.621. The highest BCUT2D eigenvalue weighted by molar-refractivity contribution is 7.87. The summed E-state index contributed by atoms with van der Waals surface area (Å²) < 4.78 is 32.7. The predicted octanol–water partition coefficient (Wildman–Crippen LogP) is 6.69. The zero-order valence-electron chi connectivity index (χ0n) is 18.2. The standard InChI is InChI=1S/C26H19Cl2N3O3S/c27-20-11-14-22(28)23(16-20)35(32,33)34-21-12-9-19(10-13-21)25-26(29-17-18-6-2-1-3-7-18)31-15-5-4-8-24(31)30-25/h1-16,29H,17H2. The van der Waals surface area contributed by atoms with Crippen molar-refractivity contribution in [2.45, 2.75) is 11.4 Å². The van der Waals surface area contributed by atoms with Gasteiger partial charge in [-0.1, -0.05) is 59.6 Å². The molecule has 9 heteroatoms. The van der Waals surface area contributed by atoms with Gasteiger partial charge in [-0.3, -0.25) is 4.40 Å². The molecule has 3 aromatic carbocycles. The van der Waals surface area contributed by atoms with E-state index in [0.29, 0.717) is 6.54 Å². The van der Waals surface area contributed by atoms with E-state index in [2.05, 4.69) is 17.4 Å². The third-order valence-electron chi connectivity index (χ3n) is 5.33. The lowest BCUT2D eigenvalue weighted by molar-refractivity contribution is 0.486. The maximum atomic E-state index is 12.7. The van der Waals surface area contributed by atoms with E-state index in [4.69, 9.17) is 32.4 Å². The molecule has 0 bridgehead atoms. The van der Waals surface area contributed by atoms with Gasteiger partial charge in [-0.25, -0.2) is 4.98 Å². The SMILES string of the molecule is O=S(=O)(Oc1ccc(-c2nc3ccccn3c2NCc2ccccc2)cc1)c1cc(Cl)ccc1Cl. The van der Waals surface area contributed by atoms with Crippen molar-refractivity contribution in [3.8, 4) is 17.0 Å². The minimum atomic E-state index is -4.16. The number of fused-ring (bicyclic) bond motifs is 1. The van der Waals surface area contributed by atoms with Gasteiger partial charge in [0.25, 0.3) is 0 Å². The Hall–Kier alpha value is -3.52. The molecule has 6 nitrogen and oxygen atoms in total. The van der Waals surface area contributed by atoms with Gasteiger partial charge in [0.15, 0.2) is 0 Å². The summed E-state index contributed by atoms with van der Waals surface area (Å²) in [5, 5.41) is 3.76. The number of imidazole rings is 1.